The van der Waals surface area contributed by atoms with Crippen molar-refractivity contribution in [2.75, 3.05) is 20.3 Å². The minimum Gasteiger partial charge on any atom is -0.467 e. The number of fused-ring (bicyclic) bond motifs is 1. The van der Waals surface area contributed by atoms with Gasteiger partial charge in [0.1, 0.15) is 5.54 Å². The number of ether oxygens (including phenoxy) is 1. The second-order valence-electron chi connectivity index (χ2n) is 7.55. The molecule has 0 aliphatic carbocycles. The molecule has 1 unspecified atom stereocenters. The van der Waals surface area contributed by atoms with Gasteiger partial charge in [0.05, 0.1) is 7.11 Å². The zero-order valence-corrected chi connectivity index (χ0v) is 15.2. The number of esters is 1. The van der Waals surface area contributed by atoms with Gasteiger partial charge in [0, 0.05) is 30.6 Å². The topological polar surface area (TPSA) is 73.9 Å². The summed E-state index contributed by atoms with van der Waals surface area (Å²) in [5.74, 6) is -0.707. The zero-order valence-electron chi connectivity index (χ0n) is 15.2. The number of benzene rings is 1. The fourth-order valence-corrected chi connectivity index (χ4v) is 3.41. The molecule has 0 saturated carbocycles. The quantitative estimate of drug-likeness (QED) is 0.655. The molecule has 2 heterocycles. The number of carbonyl (C=O) groups is 2. The summed E-state index contributed by atoms with van der Waals surface area (Å²) < 4.78 is 16.7. The molecule has 0 bridgehead atoms. The van der Waals surface area contributed by atoms with Crippen LogP contribution < -0.4 is 10.8 Å². The minimum absolute atomic E-state index is 0.0398. The van der Waals surface area contributed by atoms with Crippen LogP contribution >= 0.6 is 0 Å². The molecule has 134 valence electrons. The van der Waals surface area contributed by atoms with E-state index in [4.69, 9.17) is 14.0 Å². The van der Waals surface area contributed by atoms with Gasteiger partial charge in [-0.05, 0) is 23.5 Å². The van der Waals surface area contributed by atoms with Crippen molar-refractivity contribution in [1.29, 1.82) is 0 Å². The van der Waals surface area contributed by atoms with Gasteiger partial charge in [-0.15, -0.1) is 0 Å². The van der Waals surface area contributed by atoms with Crippen molar-refractivity contribution in [3.63, 3.8) is 0 Å². The first-order chi connectivity index (χ1) is 11.8. The molecule has 1 N–H and O–H groups in total. The first-order valence-corrected chi connectivity index (χ1v) is 8.58. The third-order valence-corrected chi connectivity index (χ3v) is 4.97. The molecule has 25 heavy (non-hydrogen) atoms. The molecule has 1 aromatic rings. The van der Waals surface area contributed by atoms with Crippen LogP contribution in [0.25, 0.3) is 0 Å². The van der Waals surface area contributed by atoms with E-state index in [-0.39, 0.29) is 11.3 Å². The maximum absolute atomic E-state index is 12.6. The van der Waals surface area contributed by atoms with Gasteiger partial charge in [0.25, 0.3) is 5.91 Å². The molecule has 6 nitrogen and oxygen atoms in total. The van der Waals surface area contributed by atoms with Crippen molar-refractivity contribution >= 4 is 24.5 Å². The van der Waals surface area contributed by atoms with Crippen LogP contribution in [0.4, 0.5) is 0 Å². The number of hydrogen-bond donors (Lipinski definition) is 1. The lowest BCUT2D eigenvalue weighted by atomic mass is 9.68. The van der Waals surface area contributed by atoms with Crippen LogP contribution in [0.1, 0.15) is 43.1 Å². The van der Waals surface area contributed by atoms with Crippen LogP contribution in [-0.4, -0.2) is 44.9 Å². The highest BCUT2D eigenvalue weighted by Crippen LogP contribution is 2.28. The highest BCUT2D eigenvalue weighted by atomic mass is 16.6. The molecular formula is C18H24BNO5. The van der Waals surface area contributed by atoms with E-state index < -0.39 is 18.6 Å². The fraction of sp³-hybridized carbons (Fsp3) is 0.556. The first kappa shape index (κ1) is 18.0. The Hall–Kier alpha value is -1.86. The van der Waals surface area contributed by atoms with Gasteiger partial charge in [0.15, 0.2) is 0 Å². The Morgan fingerprint density at radius 1 is 1.32 bits per heavy atom. The lowest BCUT2D eigenvalue weighted by Crippen LogP contribution is -2.61. The third-order valence-electron chi connectivity index (χ3n) is 4.97. The minimum atomic E-state index is -1.05. The number of methoxy groups -OCH3 is 1. The Bertz CT molecular complexity index is 695. The first-order valence-electron chi connectivity index (χ1n) is 8.58. The van der Waals surface area contributed by atoms with Crippen LogP contribution in [0, 0.1) is 5.41 Å². The summed E-state index contributed by atoms with van der Waals surface area (Å²) in [6.45, 7) is 7.17. The number of rotatable bonds is 3. The summed E-state index contributed by atoms with van der Waals surface area (Å²) in [5, 5.41) is 2.83. The number of carbonyl (C=O) groups excluding carboxylic acids is 2. The molecule has 0 radical (unpaired) electrons. The van der Waals surface area contributed by atoms with Crippen molar-refractivity contribution in [2.24, 2.45) is 5.41 Å². The molecule has 7 heteroatoms. The number of hydrogen-bond acceptors (Lipinski definition) is 5. The summed E-state index contributed by atoms with van der Waals surface area (Å²) >= 11 is 0. The molecule has 1 atom stereocenters. The van der Waals surface area contributed by atoms with Gasteiger partial charge >= 0.3 is 13.1 Å². The van der Waals surface area contributed by atoms with Gasteiger partial charge < -0.3 is 19.4 Å². The predicted octanol–water partition coefficient (Wildman–Crippen LogP) is 1.06. The highest BCUT2D eigenvalue weighted by Gasteiger charge is 2.46. The molecule has 1 fully saturated rings. The zero-order chi connectivity index (χ0) is 18.2. The molecule has 1 saturated heterocycles. The maximum atomic E-state index is 12.6. The van der Waals surface area contributed by atoms with Crippen LogP contribution in [0.2, 0.25) is 0 Å². The van der Waals surface area contributed by atoms with Crippen LogP contribution in [0.3, 0.4) is 0 Å². The van der Waals surface area contributed by atoms with Gasteiger partial charge in [-0.25, -0.2) is 4.79 Å². The van der Waals surface area contributed by atoms with Gasteiger partial charge in [0.2, 0.25) is 0 Å². The lowest BCUT2D eigenvalue weighted by Gasteiger charge is -2.38. The van der Waals surface area contributed by atoms with Gasteiger partial charge in [-0.3, -0.25) is 4.79 Å². The number of nitrogens with one attached hydrogen (secondary N) is 1. The third kappa shape index (κ3) is 3.18. The monoisotopic (exact) mass is 345 g/mol. The Balaban J connectivity index is 1.99. The Morgan fingerprint density at radius 3 is 2.60 bits per heavy atom. The average Bonchev–Trinajstić information content (AvgIpc) is 2.60. The summed E-state index contributed by atoms with van der Waals surface area (Å²) in [6, 6.07) is 5.48. The van der Waals surface area contributed by atoms with E-state index in [0.717, 1.165) is 11.0 Å². The second-order valence-corrected chi connectivity index (χ2v) is 7.55. The van der Waals surface area contributed by atoms with Gasteiger partial charge in [-0.1, -0.05) is 32.9 Å². The van der Waals surface area contributed by atoms with E-state index in [1.165, 1.54) is 7.11 Å². The molecule has 1 amide bonds. The summed E-state index contributed by atoms with van der Waals surface area (Å²) in [7, 11) is 0.809. The second kappa shape index (κ2) is 6.46. The van der Waals surface area contributed by atoms with Crippen LogP contribution in [0.15, 0.2) is 18.2 Å². The van der Waals surface area contributed by atoms with E-state index in [0.29, 0.717) is 31.6 Å². The van der Waals surface area contributed by atoms with E-state index in [2.05, 4.69) is 19.2 Å². The summed E-state index contributed by atoms with van der Waals surface area (Å²) in [6.07, 6.45) is 0.804. The predicted molar refractivity (Wildman–Crippen MR) is 93.7 cm³/mol. The van der Waals surface area contributed by atoms with E-state index in [9.17, 15) is 9.59 Å². The van der Waals surface area contributed by atoms with E-state index >= 15 is 0 Å². The van der Waals surface area contributed by atoms with Crippen molar-refractivity contribution < 1.29 is 23.6 Å². The Morgan fingerprint density at radius 2 is 2.00 bits per heavy atom. The van der Waals surface area contributed by atoms with Crippen molar-refractivity contribution in [3.8, 4) is 0 Å². The van der Waals surface area contributed by atoms with Crippen molar-refractivity contribution in [1.82, 2.24) is 5.32 Å². The molecular weight excluding hydrogens is 321 g/mol. The van der Waals surface area contributed by atoms with Gasteiger partial charge in [-0.2, -0.15) is 0 Å². The van der Waals surface area contributed by atoms with E-state index in [1.807, 2.05) is 19.1 Å². The van der Waals surface area contributed by atoms with Crippen molar-refractivity contribution in [3.05, 3.63) is 29.3 Å². The molecule has 3 rings (SSSR count). The Kier molecular flexibility index (Phi) is 4.64. The lowest BCUT2D eigenvalue weighted by molar-refractivity contribution is -0.148. The molecule has 1 aromatic carbocycles. The molecule has 0 aromatic heterocycles. The van der Waals surface area contributed by atoms with E-state index in [1.54, 1.807) is 6.07 Å². The highest BCUT2D eigenvalue weighted by molar-refractivity contribution is 6.62. The summed E-state index contributed by atoms with van der Waals surface area (Å²) in [5.41, 5.74) is 1.07. The van der Waals surface area contributed by atoms with Crippen LogP contribution in [0.5, 0.6) is 0 Å². The standard InChI is InChI=1S/C18H24BNO5/c1-5-18(16(22)23-4)9-13-12(15(21)20-18)7-6-8-14(13)19-24-10-17(2,3)11-25-19/h6-8H,5,9-11H2,1-4H3,(H,20,21). The molecule has 0 spiro atoms. The van der Waals surface area contributed by atoms with Crippen molar-refractivity contribution in [2.45, 2.75) is 39.2 Å². The molecule has 2 aliphatic heterocycles. The Labute approximate surface area is 148 Å². The average molecular weight is 345 g/mol. The number of amides is 1. The van der Waals surface area contributed by atoms with Crippen LogP contribution in [-0.2, 0) is 25.3 Å². The molecule has 2 aliphatic rings. The largest absolute Gasteiger partial charge is 0.494 e. The smallest absolute Gasteiger partial charge is 0.467 e. The normalized spacial score (nSPS) is 25.1. The SMILES string of the molecule is CCC1(C(=O)OC)Cc2c(B3OCC(C)(C)CO3)cccc2C(=O)N1. The fourth-order valence-electron chi connectivity index (χ4n) is 3.41. The maximum Gasteiger partial charge on any atom is 0.494 e. The summed E-state index contributed by atoms with van der Waals surface area (Å²) in [4.78, 5) is 25.0.